The summed E-state index contributed by atoms with van der Waals surface area (Å²) in [5.74, 6) is -1.23. The molecule has 76 valence electrons. The van der Waals surface area contributed by atoms with Crippen molar-refractivity contribution in [2.75, 3.05) is 14.1 Å². The Morgan fingerprint density at radius 2 is 2.13 bits per heavy atom. The van der Waals surface area contributed by atoms with Gasteiger partial charge in [0.25, 0.3) is 0 Å². The first kappa shape index (κ1) is 14.3. The molecule has 0 bridgehead atoms. The third kappa shape index (κ3) is 3.77. The van der Waals surface area contributed by atoms with Crippen LogP contribution in [0, 0.1) is 0 Å². The summed E-state index contributed by atoms with van der Waals surface area (Å²) in [5, 5.41) is 19.8. The van der Waals surface area contributed by atoms with Crippen molar-refractivity contribution in [1.29, 1.82) is 0 Å². The Bertz CT molecular complexity index is 312. The molecule has 6 heteroatoms. The van der Waals surface area contributed by atoms with E-state index in [-0.39, 0.29) is 36.0 Å². The van der Waals surface area contributed by atoms with Crippen LogP contribution in [0.1, 0.15) is 6.42 Å². The van der Waals surface area contributed by atoms with Gasteiger partial charge in [-0.1, -0.05) is 23.5 Å². The van der Waals surface area contributed by atoms with Crippen molar-refractivity contribution in [1.82, 2.24) is 5.01 Å². The molecule has 0 saturated heterocycles. The average Bonchev–Trinajstić information content (AvgIpc) is 2.16. The van der Waals surface area contributed by atoms with Crippen molar-refractivity contribution < 1.29 is 39.5 Å². The molecule has 0 aliphatic heterocycles. The molecule has 0 saturated carbocycles. The van der Waals surface area contributed by atoms with Gasteiger partial charge in [-0.3, -0.25) is 5.01 Å². The van der Waals surface area contributed by atoms with Gasteiger partial charge >= 0.3 is 29.6 Å². The van der Waals surface area contributed by atoms with Crippen LogP contribution >= 0.6 is 0 Å². The first-order valence-electron chi connectivity index (χ1n) is 4.23. The summed E-state index contributed by atoms with van der Waals surface area (Å²) < 4.78 is 0. The normalized spacial score (nSPS) is 23.9. The van der Waals surface area contributed by atoms with Gasteiger partial charge in [0.2, 0.25) is 0 Å². The van der Waals surface area contributed by atoms with Crippen LogP contribution in [0.15, 0.2) is 34.6 Å². The standard InChI is InChI=1S/C9H13N3O2.Na/c1-12(2)11-10-9(8(13)14)6-4-3-5-7-9;/h3-6H,7H2,1-2H3,(H,13,14);/q;+1/p-1. The van der Waals surface area contributed by atoms with Crippen LogP contribution in [0.25, 0.3) is 0 Å². The van der Waals surface area contributed by atoms with Crippen molar-refractivity contribution in [3.63, 3.8) is 0 Å². The number of rotatable bonds is 3. The minimum absolute atomic E-state index is 0. The van der Waals surface area contributed by atoms with Gasteiger partial charge in [-0.2, -0.15) is 5.11 Å². The Labute approximate surface area is 111 Å². The van der Waals surface area contributed by atoms with Crippen molar-refractivity contribution >= 4 is 5.97 Å². The molecule has 1 atom stereocenters. The van der Waals surface area contributed by atoms with Crippen molar-refractivity contribution in [3.8, 4) is 0 Å². The summed E-state index contributed by atoms with van der Waals surface area (Å²) in [5.41, 5.74) is -1.33. The molecule has 0 radical (unpaired) electrons. The average molecular weight is 217 g/mol. The van der Waals surface area contributed by atoms with Gasteiger partial charge in [-0.15, -0.1) is 0 Å². The number of nitrogens with zero attached hydrogens (tertiary/aromatic N) is 3. The zero-order valence-electron chi connectivity index (χ0n) is 9.17. The molecule has 15 heavy (non-hydrogen) atoms. The van der Waals surface area contributed by atoms with Gasteiger partial charge in [0, 0.05) is 20.5 Å². The monoisotopic (exact) mass is 217 g/mol. The number of carbonyl (C=O) groups excluding carboxylic acids is 1. The molecular formula is C9H12N3NaO2. The van der Waals surface area contributed by atoms with E-state index < -0.39 is 11.5 Å². The summed E-state index contributed by atoms with van der Waals surface area (Å²) in [4.78, 5) is 10.9. The number of aliphatic carboxylic acids is 1. The molecule has 0 amide bonds. The van der Waals surface area contributed by atoms with Crippen molar-refractivity contribution in [2.24, 2.45) is 10.3 Å². The summed E-state index contributed by atoms with van der Waals surface area (Å²) in [6.45, 7) is 0. The number of hydrogen-bond donors (Lipinski definition) is 0. The Hall–Kier alpha value is -0.650. The smallest absolute Gasteiger partial charge is 0.547 e. The molecule has 1 aliphatic carbocycles. The van der Waals surface area contributed by atoms with E-state index in [4.69, 9.17) is 0 Å². The molecule has 1 unspecified atom stereocenters. The van der Waals surface area contributed by atoms with Gasteiger partial charge in [0.05, 0.1) is 5.97 Å². The molecular weight excluding hydrogens is 205 g/mol. The molecule has 1 aliphatic rings. The molecule has 0 aromatic heterocycles. The Morgan fingerprint density at radius 1 is 1.47 bits per heavy atom. The van der Waals surface area contributed by atoms with E-state index in [0.717, 1.165) is 0 Å². The van der Waals surface area contributed by atoms with Crippen LogP contribution in [0.5, 0.6) is 0 Å². The second-order valence-corrected chi connectivity index (χ2v) is 3.24. The maximum Gasteiger partial charge on any atom is 1.00 e. The SMILES string of the molecule is CN(C)N=NC1(C(=O)[O-])C=CC=CC1.[Na+]. The second kappa shape index (κ2) is 6.05. The minimum Gasteiger partial charge on any atom is -0.547 e. The van der Waals surface area contributed by atoms with Crippen LogP contribution < -0.4 is 34.7 Å². The molecule has 5 nitrogen and oxygen atoms in total. The summed E-state index contributed by atoms with van der Waals surface area (Å²) in [7, 11) is 3.35. The Kier molecular flexibility index (Phi) is 5.79. The fraction of sp³-hybridized carbons (Fsp3) is 0.444. The van der Waals surface area contributed by atoms with E-state index in [9.17, 15) is 9.90 Å². The second-order valence-electron chi connectivity index (χ2n) is 3.24. The van der Waals surface area contributed by atoms with Crippen molar-refractivity contribution in [3.05, 3.63) is 24.3 Å². The molecule has 0 spiro atoms. The summed E-state index contributed by atoms with van der Waals surface area (Å²) >= 11 is 0. The largest absolute Gasteiger partial charge is 1.00 e. The predicted molar refractivity (Wildman–Crippen MR) is 49.2 cm³/mol. The number of allylic oxidation sites excluding steroid dienone is 2. The molecule has 0 heterocycles. The predicted octanol–water partition coefficient (Wildman–Crippen LogP) is -3.08. The number of carbonyl (C=O) groups is 1. The third-order valence-electron chi connectivity index (χ3n) is 1.80. The zero-order chi connectivity index (χ0) is 10.6. The first-order chi connectivity index (χ1) is 6.57. The van der Waals surface area contributed by atoms with E-state index in [0.29, 0.717) is 0 Å². The molecule has 0 fully saturated rings. The van der Waals surface area contributed by atoms with E-state index in [2.05, 4.69) is 10.3 Å². The third-order valence-corrected chi connectivity index (χ3v) is 1.80. The maximum atomic E-state index is 10.9. The Balaban J connectivity index is 0.00000196. The zero-order valence-corrected chi connectivity index (χ0v) is 11.2. The van der Waals surface area contributed by atoms with E-state index in [1.165, 1.54) is 11.1 Å². The van der Waals surface area contributed by atoms with Gasteiger partial charge < -0.3 is 9.90 Å². The van der Waals surface area contributed by atoms with Crippen LogP contribution in [0.2, 0.25) is 0 Å². The van der Waals surface area contributed by atoms with Crippen LogP contribution in [-0.4, -0.2) is 30.6 Å². The molecule has 0 aromatic rings. The molecule has 0 aromatic carbocycles. The Morgan fingerprint density at radius 3 is 2.53 bits per heavy atom. The van der Waals surface area contributed by atoms with E-state index in [1.54, 1.807) is 32.3 Å². The fourth-order valence-electron chi connectivity index (χ4n) is 1.04. The number of carboxylic acid groups (broad SMARTS) is 1. The van der Waals surface area contributed by atoms with Gasteiger partial charge in [-0.05, 0) is 6.08 Å². The van der Waals surface area contributed by atoms with Gasteiger partial charge in [0.15, 0.2) is 0 Å². The van der Waals surface area contributed by atoms with Crippen LogP contribution in [0.4, 0.5) is 0 Å². The van der Waals surface area contributed by atoms with Crippen LogP contribution in [-0.2, 0) is 4.79 Å². The van der Waals surface area contributed by atoms with E-state index in [1.807, 2.05) is 0 Å². The van der Waals surface area contributed by atoms with Crippen molar-refractivity contribution in [2.45, 2.75) is 12.0 Å². The molecule has 0 N–H and O–H groups in total. The topological polar surface area (TPSA) is 68.1 Å². The number of hydrogen-bond acceptors (Lipinski definition) is 4. The summed E-state index contributed by atoms with van der Waals surface area (Å²) in [6.07, 6.45) is 6.89. The van der Waals surface area contributed by atoms with E-state index >= 15 is 0 Å². The first-order valence-corrected chi connectivity index (χ1v) is 4.23. The quantitative estimate of drug-likeness (QED) is 0.286. The fourth-order valence-corrected chi connectivity index (χ4v) is 1.04. The van der Waals surface area contributed by atoms with Gasteiger partial charge in [-0.25, -0.2) is 0 Å². The van der Waals surface area contributed by atoms with Gasteiger partial charge in [0.1, 0.15) is 5.54 Å². The van der Waals surface area contributed by atoms with Crippen LogP contribution in [0.3, 0.4) is 0 Å². The number of carboxylic acids is 1. The minimum atomic E-state index is -1.33. The summed E-state index contributed by atoms with van der Waals surface area (Å²) in [6, 6.07) is 0. The maximum absolute atomic E-state index is 10.9. The molecule has 1 rings (SSSR count).